The van der Waals surface area contributed by atoms with Gasteiger partial charge in [-0.15, -0.1) is 0 Å². The summed E-state index contributed by atoms with van der Waals surface area (Å²) in [7, 11) is -0.710. The van der Waals surface area contributed by atoms with Crippen LogP contribution in [0.25, 0.3) is 6.08 Å². The van der Waals surface area contributed by atoms with Crippen molar-refractivity contribution in [2.24, 2.45) is 0 Å². The summed E-state index contributed by atoms with van der Waals surface area (Å²) in [5.41, 5.74) is 1.59. The molecule has 3 aromatic rings. The summed E-state index contributed by atoms with van der Waals surface area (Å²) in [4.78, 5) is 12.2. The second-order valence-electron chi connectivity index (χ2n) is 6.46. The van der Waals surface area contributed by atoms with E-state index in [9.17, 15) is 13.2 Å². The summed E-state index contributed by atoms with van der Waals surface area (Å²) < 4.78 is 38.0. The van der Waals surface area contributed by atoms with Gasteiger partial charge >= 0.3 is 0 Å². The molecule has 0 aromatic heterocycles. The molecule has 0 unspecified atom stereocenters. The number of hydrogen-bond donors (Lipinski definition) is 2. The first-order valence-corrected chi connectivity index (χ1v) is 10.8. The lowest BCUT2D eigenvalue weighted by atomic mass is 10.2. The predicted octanol–water partition coefficient (Wildman–Crippen LogP) is 4.16. The molecular formula is C23H22N2O5S. The van der Waals surface area contributed by atoms with E-state index in [0.29, 0.717) is 17.1 Å². The van der Waals surface area contributed by atoms with Gasteiger partial charge in [-0.05, 0) is 66.2 Å². The maximum atomic E-state index is 12.7. The summed E-state index contributed by atoms with van der Waals surface area (Å²) in [5.74, 6) is 0.965. The molecular weight excluding hydrogens is 416 g/mol. The van der Waals surface area contributed by atoms with Crippen LogP contribution in [0.5, 0.6) is 11.5 Å². The zero-order valence-electron chi connectivity index (χ0n) is 17.0. The Morgan fingerprint density at radius 2 is 1.45 bits per heavy atom. The number of nitrogens with one attached hydrogen (secondary N) is 2. The Labute approximate surface area is 181 Å². The molecule has 2 N–H and O–H groups in total. The normalized spacial score (nSPS) is 11.2. The van der Waals surface area contributed by atoms with Gasteiger partial charge in [0.05, 0.1) is 19.1 Å². The first-order valence-electron chi connectivity index (χ1n) is 9.30. The lowest BCUT2D eigenvalue weighted by Gasteiger charge is -2.10. The van der Waals surface area contributed by atoms with Crippen LogP contribution in [0, 0.1) is 0 Å². The summed E-state index contributed by atoms with van der Waals surface area (Å²) in [5, 5.41) is 2.67. The monoisotopic (exact) mass is 438 g/mol. The first kappa shape index (κ1) is 21.9. The molecule has 0 aliphatic rings. The Hall–Kier alpha value is -3.78. The highest BCUT2D eigenvalue weighted by Crippen LogP contribution is 2.21. The number of methoxy groups -OCH3 is 2. The van der Waals surface area contributed by atoms with Gasteiger partial charge in [0.15, 0.2) is 0 Å². The summed E-state index contributed by atoms with van der Waals surface area (Å²) in [6, 6.07) is 19.8. The average Bonchev–Trinajstić information content (AvgIpc) is 2.78. The van der Waals surface area contributed by atoms with Crippen molar-refractivity contribution in [2.75, 3.05) is 24.3 Å². The van der Waals surface area contributed by atoms with Gasteiger partial charge in [-0.1, -0.05) is 18.2 Å². The van der Waals surface area contributed by atoms with Gasteiger partial charge in [0.1, 0.15) is 11.5 Å². The van der Waals surface area contributed by atoms with Crippen molar-refractivity contribution in [1.29, 1.82) is 0 Å². The topological polar surface area (TPSA) is 93.7 Å². The van der Waals surface area contributed by atoms with Crippen LogP contribution in [-0.4, -0.2) is 28.5 Å². The van der Waals surface area contributed by atoms with Crippen LogP contribution in [0.15, 0.2) is 83.8 Å². The number of rotatable bonds is 8. The van der Waals surface area contributed by atoms with E-state index in [-0.39, 0.29) is 10.8 Å². The molecule has 0 fully saturated rings. The van der Waals surface area contributed by atoms with Crippen LogP contribution in [-0.2, 0) is 14.8 Å². The van der Waals surface area contributed by atoms with Crippen LogP contribution in [0.3, 0.4) is 0 Å². The third-order valence-electron chi connectivity index (χ3n) is 4.30. The first-order chi connectivity index (χ1) is 14.9. The predicted molar refractivity (Wildman–Crippen MR) is 121 cm³/mol. The van der Waals surface area contributed by atoms with Crippen molar-refractivity contribution in [3.8, 4) is 11.5 Å². The molecule has 31 heavy (non-hydrogen) atoms. The number of benzene rings is 3. The van der Waals surface area contributed by atoms with Crippen molar-refractivity contribution < 1.29 is 22.7 Å². The summed E-state index contributed by atoms with van der Waals surface area (Å²) >= 11 is 0. The molecule has 0 atom stereocenters. The molecule has 7 nitrogen and oxygen atoms in total. The fraction of sp³-hybridized carbons (Fsp3) is 0.0870. The lowest BCUT2D eigenvalue weighted by Crippen LogP contribution is -2.14. The summed E-state index contributed by atoms with van der Waals surface area (Å²) in [6.07, 6.45) is 3.03. The molecule has 1 amide bonds. The molecule has 0 radical (unpaired) electrons. The third-order valence-corrected chi connectivity index (χ3v) is 5.68. The molecule has 8 heteroatoms. The Bertz CT molecular complexity index is 1170. The molecule has 0 aliphatic heterocycles. The molecule has 3 aromatic carbocycles. The average molecular weight is 439 g/mol. The second-order valence-corrected chi connectivity index (χ2v) is 8.14. The van der Waals surface area contributed by atoms with Crippen molar-refractivity contribution in [1.82, 2.24) is 0 Å². The van der Waals surface area contributed by atoms with Gasteiger partial charge in [0.2, 0.25) is 5.91 Å². The molecule has 3 rings (SSSR count). The van der Waals surface area contributed by atoms with Gasteiger partial charge in [-0.2, -0.15) is 0 Å². The third kappa shape index (κ3) is 6.10. The number of sulfonamides is 1. The number of ether oxygens (including phenoxy) is 2. The van der Waals surface area contributed by atoms with Crippen LogP contribution < -0.4 is 19.5 Å². The van der Waals surface area contributed by atoms with Gasteiger partial charge in [-0.3, -0.25) is 9.52 Å². The molecule has 0 saturated heterocycles. The minimum atomic E-state index is -3.83. The second kappa shape index (κ2) is 9.82. The van der Waals surface area contributed by atoms with Crippen molar-refractivity contribution >= 4 is 33.4 Å². The maximum absolute atomic E-state index is 12.7. The summed E-state index contributed by atoms with van der Waals surface area (Å²) in [6.45, 7) is 0. The smallest absolute Gasteiger partial charge is 0.261 e. The zero-order valence-corrected chi connectivity index (χ0v) is 17.8. The van der Waals surface area contributed by atoms with E-state index in [1.807, 2.05) is 12.1 Å². The number of amides is 1. The zero-order chi connectivity index (χ0) is 22.3. The van der Waals surface area contributed by atoms with Crippen LogP contribution in [0.2, 0.25) is 0 Å². The molecule has 160 valence electrons. The fourth-order valence-electron chi connectivity index (χ4n) is 2.69. The largest absolute Gasteiger partial charge is 0.497 e. The van der Waals surface area contributed by atoms with E-state index in [1.165, 1.54) is 25.3 Å². The van der Waals surface area contributed by atoms with Crippen LogP contribution in [0.4, 0.5) is 11.4 Å². The quantitative estimate of drug-likeness (QED) is 0.515. The molecule has 0 heterocycles. The van der Waals surface area contributed by atoms with Crippen LogP contribution >= 0.6 is 0 Å². The highest BCUT2D eigenvalue weighted by atomic mass is 32.2. The SMILES string of the molecule is COc1ccc(/C=C/C(=O)Nc2cccc(S(=O)(=O)Nc3ccc(OC)cc3)c2)cc1. The molecule has 0 spiro atoms. The maximum Gasteiger partial charge on any atom is 0.261 e. The molecule has 0 saturated carbocycles. The Balaban J connectivity index is 1.68. The minimum Gasteiger partial charge on any atom is -0.497 e. The highest BCUT2D eigenvalue weighted by Gasteiger charge is 2.15. The van der Waals surface area contributed by atoms with Gasteiger partial charge in [-0.25, -0.2) is 8.42 Å². The minimum absolute atomic E-state index is 0.0280. The van der Waals surface area contributed by atoms with Gasteiger partial charge < -0.3 is 14.8 Å². The number of anilines is 2. The van der Waals surface area contributed by atoms with E-state index in [1.54, 1.807) is 61.7 Å². The van der Waals surface area contributed by atoms with E-state index in [0.717, 1.165) is 11.3 Å². The van der Waals surface area contributed by atoms with E-state index in [2.05, 4.69) is 10.0 Å². The molecule has 0 bridgehead atoms. The van der Waals surface area contributed by atoms with Crippen LogP contribution in [0.1, 0.15) is 5.56 Å². The van der Waals surface area contributed by atoms with Crippen molar-refractivity contribution in [3.63, 3.8) is 0 Å². The number of carbonyl (C=O) groups is 1. The van der Waals surface area contributed by atoms with Gasteiger partial charge in [0, 0.05) is 17.5 Å². The highest BCUT2D eigenvalue weighted by molar-refractivity contribution is 7.92. The standard InChI is InChI=1S/C23H22N2O5S/c1-29-20-11-6-17(7-12-20)8-15-23(26)24-19-4-3-5-22(16-19)31(27,28)25-18-9-13-21(30-2)14-10-18/h3-16,25H,1-2H3,(H,24,26)/b15-8+. The van der Waals surface area contributed by atoms with Gasteiger partial charge in [0.25, 0.3) is 10.0 Å². The number of carbonyl (C=O) groups excluding carboxylic acids is 1. The molecule has 0 aliphatic carbocycles. The lowest BCUT2D eigenvalue weighted by molar-refractivity contribution is -0.111. The van der Waals surface area contributed by atoms with Crippen molar-refractivity contribution in [2.45, 2.75) is 4.90 Å². The van der Waals surface area contributed by atoms with E-state index in [4.69, 9.17) is 9.47 Å². The van der Waals surface area contributed by atoms with E-state index < -0.39 is 10.0 Å². The Kier molecular flexibility index (Phi) is 6.94. The number of hydrogen-bond acceptors (Lipinski definition) is 5. The van der Waals surface area contributed by atoms with E-state index >= 15 is 0 Å². The van der Waals surface area contributed by atoms with Crippen molar-refractivity contribution in [3.05, 3.63) is 84.4 Å². The Morgan fingerprint density at radius 1 is 0.839 bits per heavy atom. The Morgan fingerprint density at radius 3 is 2.06 bits per heavy atom. The fourth-order valence-corrected chi connectivity index (χ4v) is 3.79.